The van der Waals surface area contributed by atoms with Crippen LogP contribution >= 0.6 is 0 Å². The summed E-state index contributed by atoms with van der Waals surface area (Å²) in [5.74, 6) is -0.733. The maximum Gasteiger partial charge on any atom is 0.338 e. The first-order chi connectivity index (χ1) is 9.01. The lowest BCUT2D eigenvalue weighted by Gasteiger charge is -2.42. The smallest absolute Gasteiger partial charge is 0.338 e. The standard InChI is InChI=1S/C14H26O5Si/c1-13(2,3)20(4,5)19-9-7-6-8-14(9)11(16)10(15)12(17)18-14/h9-11,15-16H,6-8H2,1-5H3/t9-,10+,11-,14+/m0/s1. The van der Waals surface area contributed by atoms with Crippen LogP contribution < -0.4 is 0 Å². The van der Waals surface area contributed by atoms with E-state index in [0.29, 0.717) is 6.42 Å². The van der Waals surface area contributed by atoms with E-state index in [4.69, 9.17) is 9.16 Å². The second-order valence-electron chi connectivity index (χ2n) is 7.52. The monoisotopic (exact) mass is 302 g/mol. The van der Waals surface area contributed by atoms with Crippen molar-refractivity contribution in [3.8, 4) is 0 Å². The Kier molecular flexibility index (Phi) is 3.82. The molecule has 6 heteroatoms. The Balaban J connectivity index is 2.23. The average molecular weight is 302 g/mol. The van der Waals surface area contributed by atoms with Crippen LogP contribution in [0.5, 0.6) is 0 Å². The topological polar surface area (TPSA) is 76.0 Å². The molecular formula is C14H26O5Si. The molecule has 0 unspecified atom stereocenters. The number of rotatable bonds is 2. The number of esters is 1. The van der Waals surface area contributed by atoms with E-state index in [2.05, 4.69) is 33.9 Å². The largest absolute Gasteiger partial charge is 0.451 e. The van der Waals surface area contributed by atoms with Crippen molar-refractivity contribution in [1.82, 2.24) is 0 Å². The Bertz CT molecular complexity index is 403. The summed E-state index contributed by atoms with van der Waals surface area (Å²) in [5, 5.41) is 20.0. The van der Waals surface area contributed by atoms with Gasteiger partial charge in [-0.3, -0.25) is 0 Å². The highest BCUT2D eigenvalue weighted by Gasteiger charge is 2.62. The van der Waals surface area contributed by atoms with E-state index in [0.717, 1.165) is 12.8 Å². The summed E-state index contributed by atoms with van der Waals surface area (Å²) in [5.41, 5.74) is -1.05. The Hall–Kier alpha value is -0.433. The highest BCUT2D eigenvalue weighted by molar-refractivity contribution is 6.74. The molecule has 0 aromatic rings. The zero-order valence-electron chi connectivity index (χ0n) is 13.0. The molecule has 1 saturated heterocycles. The van der Waals surface area contributed by atoms with Gasteiger partial charge >= 0.3 is 5.97 Å². The summed E-state index contributed by atoms with van der Waals surface area (Å²) in [6, 6.07) is 0. The first-order valence-electron chi connectivity index (χ1n) is 7.28. The van der Waals surface area contributed by atoms with Crippen molar-refractivity contribution in [3.63, 3.8) is 0 Å². The predicted octanol–water partition coefficient (Wildman–Crippen LogP) is 1.58. The SMILES string of the molecule is CC(C)(C)[Si](C)(C)O[C@H]1CCC[C@@]12OC(=O)[C@H](O)[C@@H]2O. The van der Waals surface area contributed by atoms with Gasteiger partial charge < -0.3 is 19.4 Å². The maximum absolute atomic E-state index is 11.6. The summed E-state index contributed by atoms with van der Waals surface area (Å²) < 4.78 is 11.7. The number of carbonyl (C=O) groups excluding carboxylic acids is 1. The normalized spacial score (nSPS) is 38.5. The van der Waals surface area contributed by atoms with Crippen LogP contribution in [0.25, 0.3) is 0 Å². The maximum atomic E-state index is 11.6. The van der Waals surface area contributed by atoms with E-state index in [1.807, 2.05) is 0 Å². The second kappa shape index (κ2) is 4.80. The molecule has 2 N–H and O–H groups in total. The van der Waals surface area contributed by atoms with Crippen molar-refractivity contribution in [1.29, 1.82) is 0 Å². The number of ether oxygens (including phenoxy) is 1. The van der Waals surface area contributed by atoms with Crippen molar-refractivity contribution in [2.45, 2.75) is 82.1 Å². The van der Waals surface area contributed by atoms with E-state index < -0.39 is 32.1 Å². The van der Waals surface area contributed by atoms with Crippen LogP contribution in [-0.4, -0.2) is 48.4 Å². The van der Waals surface area contributed by atoms with E-state index in [1.54, 1.807) is 0 Å². The van der Waals surface area contributed by atoms with Gasteiger partial charge in [0.2, 0.25) is 0 Å². The number of aliphatic hydroxyl groups excluding tert-OH is 2. The fourth-order valence-electron chi connectivity index (χ4n) is 2.82. The van der Waals surface area contributed by atoms with Gasteiger partial charge in [0.25, 0.3) is 0 Å². The van der Waals surface area contributed by atoms with Gasteiger partial charge in [0.05, 0.1) is 6.10 Å². The third-order valence-corrected chi connectivity index (χ3v) is 9.64. The van der Waals surface area contributed by atoms with Crippen LogP contribution in [0.4, 0.5) is 0 Å². The first-order valence-corrected chi connectivity index (χ1v) is 10.2. The molecule has 1 saturated carbocycles. The average Bonchev–Trinajstić information content (AvgIpc) is 2.77. The van der Waals surface area contributed by atoms with Crippen molar-refractivity contribution in [2.24, 2.45) is 0 Å². The molecule has 116 valence electrons. The summed E-state index contributed by atoms with van der Waals surface area (Å²) in [7, 11) is -2.02. The Morgan fingerprint density at radius 2 is 1.95 bits per heavy atom. The van der Waals surface area contributed by atoms with Gasteiger partial charge in [-0.25, -0.2) is 4.79 Å². The number of hydrogen-bond donors (Lipinski definition) is 2. The van der Waals surface area contributed by atoms with Gasteiger partial charge in [0.1, 0.15) is 6.10 Å². The highest BCUT2D eigenvalue weighted by atomic mass is 28.4. The molecule has 1 aliphatic heterocycles. The molecule has 0 bridgehead atoms. The van der Waals surface area contributed by atoms with Crippen LogP contribution in [0.2, 0.25) is 18.1 Å². The second-order valence-corrected chi connectivity index (χ2v) is 12.3. The zero-order chi connectivity index (χ0) is 15.3. The van der Waals surface area contributed by atoms with E-state index in [1.165, 1.54) is 0 Å². The molecule has 2 fully saturated rings. The van der Waals surface area contributed by atoms with Crippen LogP contribution in [0, 0.1) is 0 Å². The molecule has 0 aromatic carbocycles. The van der Waals surface area contributed by atoms with Gasteiger partial charge in [-0.2, -0.15) is 0 Å². The van der Waals surface area contributed by atoms with Crippen LogP contribution in [0.15, 0.2) is 0 Å². The highest BCUT2D eigenvalue weighted by Crippen LogP contribution is 2.47. The van der Waals surface area contributed by atoms with Crippen LogP contribution in [0.1, 0.15) is 40.0 Å². The summed E-state index contributed by atoms with van der Waals surface area (Å²) in [6.07, 6.45) is -0.818. The molecule has 1 heterocycles. The van der Waals surface area contributed by atoms with Crippen molar-refractivity contribution in [2.75, 3.05) is 0 Å². The quantitative estimate of drug-likeness (QED) is 0.598. The third-order valence-electron chi connectivity index (χ3n) is 5.15. The van der Waals surface area contributed by atoms with E-state index in [-0.39, 0.29) is 11.1 Å². The molecule has 20 heavy (non-hydrogen) atoms. The lowest BCUT2D eigenvalue weighted by Crippen LogP contribution is -2.55. The lowest BCUT2D eigenvalue weighted by molar-refractivity contribution is -0.161. The molecule has 2 rings (SSSR count). The molecular weight excluding hydrogens is 276 g/mol. The minimum atomic E-state index is -2.02. The molecule has 1 spiro atoms. The summed E-state index contributed by atoms with van der Waals surface area (Å²) >= 11 is 0. The van der Waals surface area contributed by atoms with Gasteiger partial charge in [-0.15, -0.1) is 0 Å². The van der Waals surface area contributed by atoms with E-state index in [9.17, 15) is 15.0 Å². The van der Waals surface area contributed by atoms with E-state index >= 15 is 0 Å². The van der Waals surface area contributed by atoms with Crippen molar-refractivity contribution >= 4 is 14.3 Å². The van der Waals surface area contributed by atoms with Crippen molar-refractivity contribution in [3.05, 3.63) is 0 Å². The minimum absolute atomic E-state index is 0.0446. The Labute approximate surface area is 121 Å². The molecule has 0 amide bonds. The molecule has 0 radical (unpaired) electrons. The fraction of sp³-hybridized carbons (Fsp3) is 0.929. The lowest BCUT2D eigenvalue weighted by atomic mass is 9.92. The molecule has 0 aromatic heterocycles. The first kappa shape index (κ1) is 15.9. The molecule has 1 aliphatic carbocycles. The van der Waals surface area contributed by atoms with Gasteiger partial charge in [0, 0.05) is 0 Å². The predicted molar refractivity (Wildman–Crippen MR) is 76.8 cm³/mol. The Morgan fingerprint density at radius 3 is 2.40 bits per heavy atom. The fourth-order valence-corrected chi connectivity index (χ4v) is 4.20. The number of hydrogen-bond acceptors (Lipinski definition) is 5. The van der Waals surface area contributed by atoms with Crippen LogP contribution in [0.3, 0.4) is 0 Å². The van der Waals surface area contributed by atoms with Crippen molar-refractivity contribution < 1.29 is 24.2 Å². The zero-order valence-corrected chi connectivity index (χ0v) is 14.0. The van der Waals surface area contributed by atoms with Gasteiger partial charge in [-0.05, 0) is 37.4 Å². The number of carbonyl (C=O) groups is 1. The minimum Gasteiger partial charge on any atom is -0.451 e. The third kappa shape index (κ3) is 2.32. The van der Waals surface area contributed by atoms with Crippen LogP contribution in [-0.2, 0) is 14.0 Å². The molecule has 5 nitrogen and oxygen atoms in total. The Morgan fingerprint density at radius 1 is 1.35 bits per heavy atom. The summed E-state index contributed by atoms with van der Waals surface area (Å²) in [6.45, 7) is 10.7. The summed E-state index contributed by atoms with van der Waals surface area (Å²) in [4.78, 5) is 11.6. The molecule has 4 atom stereocenters. The molecule has 2 aliphatic rings. The van der Waals surface area contributed by atoms with Gasteiger partial charge in [-0.1, -0.05) is 20.8 Å². The number of aliphatic hydroxyl groups is 2. The van der Waals surface area contributed by atoms with Gasteiger partial charge in [0.15, 0.2) is 20.0 Å².